The molecule has 2 aromatic heterocycles. The van der Waals surface area contributed by atoms with E-state index in [4.69, 9.17) is 25.7 Å². The van der Waals surface area contributed by atoms with Gasteiger partial charge in [-0.15, -0.1) is 11.3 Å². The van der Waals surface area contributed by atoms with Crippen LogP contribution in [0.25, 0.3) is 21.3 Å². The van der Waals surface area contributed by atoms with E-state index in [0.29, 0.717) is 50.0 Å². The van der Waals surface area contributed by atoms with Gasteiger partial charge in [0.25, 0.3) is 5.91 Å². The third kappa shape index (κ3) is 4.62. The molecule has 0 radical (unpaired) electrons. The fraction of sp³-hybridized carbons (Fsp3) is 0.346. The molecule has 0 saturated carbocycles. The zero-order valence-corrected chi connectivity index (χ0v) is 21.4. The Morgan fingerprint density at radius 3 is 2.47 bits per heavy atom. The second-order valence-electron chi connectivity index (χ2n) is 8.41. The van der Waals surface area contributed by atoms with Crippen LogP contribution in [0.2, 0.25) is 0 Å². The molecule has 0 bridgehead atoms. The molecule has 1 amide bonds. The lowest BCUT2D eigenvalue weighted by Crippen LogP contribution is -2.24. The van der Waals surface area contributed by atoms with Crippen molar-refractivity contribution in [2.75, 3.05) is 39.3 Å². The summed E-state index contributed by atoms with van der Waals surface area (Å²) >= 11 is 1.15. The van der Waals surface area contributed by atoms with Gasteiger partial charge in [-0.1, -0.05) is 11.6 Å². The van der Waals surface area contributed by atoms with Crippen molar-refractivity contribution < 1.29 is 19.0 Å². The summed E-state index contributed by atoms with van der Waals surface area (Å²) in [5, 5.41) is 13.4. The minimum atomic E-state index is -0.278. The Morgan fingerprint density at radius 2 is 1.89 bits per heavy atom. The van der Waals surface area contributed by atoms with Gasteiger partial charge in [-0.2, -0.15) is 5.26 Å². The van der Waals surface area contributed by atoms with Crippen molar-refractivity contribution >= 4 is 39.0 Å². The summed E-state index contributed by atoms with van der Waals surface area (Å²) in [6, 6.07) is 5.56. The number of fused-ring (bicyclic) bond motifs is 1. The van der Waals surface area contributed by atoms with Crippen molar-refractivity contribution in [1.29, 1.82) is 5.26 Å². The number of thiophene rings is 1. The van der Waals surface area contributed by atoms with Gasteiger partial charge in [-0.25, -0.2) is 4.98 Å². The van der Waals surface area contributed by atoms with Crippen LogP contribution in [0.1, 0.15) is 47.3 Å². The number of nitrogens with zero attached hydrogens (tertiary/aromatic N) is 2. The Balaban J connectivity index is 1.79. The molecule has 1 aromatic carbocycles. The van der Waals surface area contributed by atoms with Crippen LogP contribution in [0, 0.1) is 11.3 Å². The number of nitrogens with one attached hydrogen (secondary N) is 1. The molecule has 2 heterocycles. The number of carbonyl (C=O) groups is 1. The quantitative estimate of drug-likeness (QED) is 0.374. The highest BCUT2D eigenvalue weighted by molar-refractivity contribution is 7.21. The lowest BCUT2D eigenvalue weighted by Gasteiger charge is -2.16. The highest BCUT2D eigenvalue weighted by Crippen LogP contribution is 2.47. The van der Waals surface area contributed by atoms with Crippen molar-refractivity contribution in [3.8, 4) is 34.4 Å². The number of methoxy groups -OCH3 is 3. The first-order valence-electron chi connectivity index (χ1n) is 11.6. The molecule has 0 atom stereocenters. The minimum Gasteiger partial charge on any atom is -0.493 e. The van der Waals surface area contributed by atoms with E-state index in [-0.39, 0.29) is 23.0 Å². The maximum Gasteiger partial charge on any atom is 0.263 e. The Kier molecular flexibility index (Phi) is 7.50. The van der Waals surface area contributed by atoms with Gasteiger partial charge >= 0.3 is 0 Å². The standard InChI is InChI=1S/C26H29N5O4S/c1-33-17-11-15(12-18(34-2)22(17)35-3)19-16(13-27)24(29)31-26-20(19)21(28)23(36-26)25(32)30-10-9-14-7-5-4-6-8-14/h7,11-12H,4-6,8-10,28H2,1-3H3,(H2,29,31)(H,30,32). The highest BCUT2D eigenvalue weighted by Gasteiger charge is 2.26. The van der Waals surface area contributed by atoms with Gasteiger partial charge in [-0.05, 0) is 49.8 Å². The first-order chi connectivity index (χ1) is 17.4. The molecule has 36 heavy (non-hydrogen) atoms. The third-order valence-corrected chi connectivity index (χ3v) is 7.39. The number of nitrogen functional groups attached to an aromatic ring is 2. The summed E-state index contributed by atoms with van der Waals surface area (Å²) < 4.78 is 16.4. The Bertz CT molecular complexity index is 1360. The van der Waals surface area contributed by atoms with E-state index >= 15 is 0 Å². The average Bonchev–Trinajstić information content (AvgIpc) is 3.22. The van der Waals surface area contributed by atoms with Crippen LogP contribution in [0.15, 0.2) is 23.8 Å². The molecular weight excluding hydrogens is 478 g/mol. The number of hydrogen-bond donors (Lipinski definition) is 3. The number of ether oxygens (including phenoxy) is 3. The van der Waals surface area contributed by atoms with Gasteiger partial charge in [0.15, 0.2) is 11.5 Å². The third-order valence-electron chi connectivity index (χ3n) is 6.29. The number of pyridine rings is 1. The van der Waals surface area contributed by atoms with E-state index in [9.17, 15) is 10.1 Å². The Hall–Kier alpha value is -3.97. The topological polar surface area (TPSA) is 146 Å². The first kappa shape index (κ1) is 25.1. The van der Waals surface area contributed by atoms with E-state index in [1.807, 2.05) is 0 Å². The molecule has 9 nitrogen and oxygen atoms in total. The smallest absolute Gasteiger partial charge is 0.263 e. The summed E-state index contributed by atoms with van der Waals surface area (Å²) in [6.07, 6.45) is 7.69. The highest BCUT2D eigenvalue weighted by atomic mass is 32.1. The van der Waals surface area contributed by atoms with Crippen molar-refractivity contribution in [3.05, 3.63) is 34.2 Å². The molecule has 0 fully saturated rings. The molecule has 10 heteroatoms. The lowest BCUT2D eigenvalue weighted by molar-refractivity contribution is 0.0959. The van der Waals surface area contributed by atoms with Crippen LogP contribution in [-0.2, 0) is 0 Å². The van der Waals surface area contributed by atoms with E-state index in [1.165, 1.54) is 39.7 Å². The summed E-state index contributed by atoms with van der Waals surface area (Å²) in [5.41, 5.74) is 15.5. The number of hydrogen-bond acceptors (Lipinski definition) is 9. The van der Waals surface area contributed by atoms with Gasteiger partial charge in [0.05, 0.1) is 27.0 Å². The fourth-order valence-electron chi connectivity index (χ4n) is 4.51. The normalized spacial score (nSPS) is 13.1. The van der Waals surface area contributed by atoms with Gasteiger partial charge in [-0.3, -0.25) is 4.79 Å². The molecule has 4 rings (SSSR count). The van der Waals surface area contributed by atoms with Crippen LogP contribution in [0.3, 0.4) is 0 Å². The zero-order valence-electron chi connectivity index (χ0n) is 20.6. The Labute approximate surface area is 213 Å². The number of anilines is 2. The summed E-state index contributed by atoms with van der Waals surface area (Å²) in [6.45, 7) is 0.525. The average molecular weight is 508 g/mol. The monoisotopic (exact) mass is 507 g/mol. The zero-order chi connectivity index (χ0) is 25.8. The van der Waals surface area contributed by atoms with Gasteiger partial charge in [0.1, 0.15) is 27.2 Å². The van der Waals surface area contributed by atoms with Crippen molar-refractivity contribution in [2.45, 2.75) is 32.1 Å². The second-order valence-corrected chi connectivity index (χ2v) is 9.41. The van der Waals surface area contributed by atoms with Crippen molar-refractivity contribution in [3.63, 3.8) is 0 Å². The van der Waals surface area contributed by atoms with Crippen molar-refractivity contribution in [1.82, 2.24) is 10.3 Å². The first-order valence-corrected chi connectivity index (χ1v) is 12.4. The fourth-order valence-corrected chi connectivity index (χ4v) is 5.54. The molecule has 0 aliphatic heterocycles. The van der Waals surface area contributed by atoms with Crippen LogP contribution in [0.5, 0.6) is 17.2 Å². The molecule has 188 valence electrons. The van der Waals surface area contributed by atoms with Crippen LogP contribution >= 0.6 is 11.3 Å². The molecule has 1 aliphatic rings. The number of carbonyl (C=O) groups excluding carboxylic acids is 1. The number of aromatic nitrogens is 1. The number of allylic oxidation sites excluding steroid dienone is 1. The van der Waals surface area contributed by atoms with E-state index in [0.717, 1.165) is 30.6 Å². The summed E-state index contributed by atoms with van der Waals surface area (Å²) in [4.78, 5) is 18.3. The molecule has 3 aromatic rings. The van der Waals surface area contributed by atoms with E-state index < -0.39 is 0 Å². The molecule has 0 unspecified atom stereocenters. The molecule has 0 spiro atoms. The second kappa shape index (κ2) is 10.7. The predicted octanol–water partition coefficient (Wildman–Crippen LogP) is 4.65. The number of nitrogens with two attached hydrogens (primary N) is 2. The van der Waals surface area contributed by atoms with Crippen LogP contribution in [-0.4, -0.2) is 38.8 Å². The number of amides is 1. The summed E-state index contributed by atoms with van der Waals surface area (Å²) in [5.74, 6) is 0.990. The van der Waals surface area contributed by atoms with Crippen molar-refractivity contribution in [2.24, 2.45) is 0 Å². The minimum absolute atomic E-state index is 0.0474. The van der Waals surface area contributed by atoms with E-state index in [1.54, 1.807) is 12.1 Å². The molecule has 0 saturated heterocycles. The van der Waals surface area contributed by atoms with Gasteiger partial charge in [0.2, 0.25) is 5.75 Å². The lowest BCUT2D eigenvalue weighted by atomic mass is 9.96. The maximum atomic E-state index is 13.1. The molecular formula is C26H29N5O4S. The predicted molar refractivity (Wildman–Crippen MR) is 142 cm³/mol. The van der Waals surface area contributed by atoms with Crippen LogP contribution in [0.4, 0.5) is 11.5 Å². The Morgan fingerprint density at radius 1 is 1.17 bits per heavy atom. The van der Waals surface area contributed by atoms with Gasteiger partial charge < -0.3 is 31.0 Å². The number of benzene rings is 1. The number of rotatable bonds is 8. The van der Waals surface area contributed by atoms with Gasteiger partial charge in [0, 0.05) is 17.5 Å². The largest absolute Gasteiger partial charge is 0.493 e. The van der Waals surface area contributed by atoms with Crippen LogP contribution < -0.4 is 31.0 Å². The SMILES string of the molecule is COc1cc(-c2c(C#N)c(N)nc3sc(C(=O)NCCC4=CCCCC4)c(N)c23)cc(OC)c1OC. The van der Waals surface area contributed by atoms with E-state index in [2.05, 4.69) is 22.4 Å². The summed E-state index contributed by atoms with van der Waals surface area (Å²) in [7, 11) is 4.52. The molecule has 1 aliphatic carbocycles. The maximum absolute atomic E-state index is 13.1. The number of nitriles is 1. The molecule has 5 N–H and O–H groups in total.